The van der Waals surface area contributed by atoms with Crippen molar-refractivity contribution in [1.29, 1.82) is 0 Å². The van der Waals surface area contributed by atoms with Crippen LogP contribution in [0.15, 0.2) is 60.1 Å². The van der Waals surface area contributed by atoms with E-state index in [0.29, 0.717) is 0 Å². The fraction of sp³-hybridized carbons (Fsp3) is 0.269. The summed E-state index contributed by atoms with van der Waals surface area (Å²) in [4.78, 5) is 6.81. The Morgan fingerprint density at radius 1 is 0.788 bits per heavy atom. The molecular weight excluding hydrogens is 446 g/mol. The predicted molar refractivity (Wildman–Crippen MR) is 145 cm³/mol. The highest BCUT2D eigenvalue weighted by molar-refractivity contribution is 7.20. The van der Waals surface area contributed by atoms with Crippen LogP contribution in [0.25, 0.3) is 0 Å². The molecule has 5 nitrogen and oxygen atoms in total. The predicted octanol–water partition coefficient (Wildman–Crippen LogP) is 8.04. The van der Waals surface area contributed by atoms with E-state index in [2.05, 4.69) is 88.2 Å². The molecule has 3 heterocycles. The van der Waals surface area contributed by atoms with Crippen molar-refractivity contribution in [2.45, 2.75) is 33.1 Å². The highest BCUT2D eigenvalue weighted by atomic mass is 32.1. The molecule has 3 N–H and O–H groups in total. The van der Waals surface area contributed by atoms with Crippen molar-refractivity contribution in [3.05, 3.63) is 71.2 Å². The third kappa shape index (κ3) is 5.31. The second kappa shape index (κ2) is 9.85. The molecule has 5 rings (SSSR count). The van der Waals surface area contributed by atoms with Crippen LogP contribution in [0, 0.1) is 13.8 Å². The summed E-state index contributed by atoms with van der Waals surface area (Å²) in [7, 11) is 0. The lowest BCUT2D eigenvalue weighted by Crippen LogP contribution is -2.28. The molecule has 0 atom stereocenters. The van der Waals surface area contributed by atoms with E-state index in [1.54, 1.807) is 11.3 Å². The van der Waals surface area contributed by atoms with Gasteiger partial charge in [-0.05, 0) is 92.8 Å². The first-order valence-electron chi connectivity index (χ1n) is 11.4. The molecule has 0 saturated carbocycles. The van der Waals surface area contributed by atoms with E-state index < -0.39 is 0 Å². The number of hydrogen-bond donors (Lipinski definition) is 3. The zero-order valence-corrected chi connectivity index (χ0v) is 20.7. The molecule has 2 aromatic heterocycles. The van der Waals surface area contributed by atoms with Gasteiger partial charge >= 0.3 is 0 Å². The molecule has 170 valence electrons. The summed E-state index contributed by atoms with van der Waals surface area (Å²) in [6, 6.07) is 17.3. The second-order valence-electron chi connectivity index (χ2n) is 8.46. The van der Waals surface area contributed by atoms with Gasteiger partial charge in [-0.3, -0.25) is 0 Å². The summed E-state index contributed by atoms with van der Waals surface area (Å²) in [6.45, 7) is 6.62. The van der Waals surface area contributed by atoms with Crippen LogP contribution in [0.4, 0.5) is 37.9 Å². The molecular formula is C26H29N5S2. The summed E-state index contributed by atoms with van der Waals surface area (Å²) < 4.78 is 0. The van der Waals surface area contributed by atoms with Gasteiger partial charge in [-0.2, -0.15) is 0 Å². The lowest BCUT2D eigenvalue weighted by molar-refractivity contribution is 0.580. The number of anilines is 7. The van der Waals surface area contributed by atoms with Gasteiger partial charge in [-0.25, -0.2) is 4.98 Å². The van der Waals surface area contributed by atoms with E-state index in [1.165, 1.54) is 53.5 Å². The minimum Gasteiger partial charge on any atom is -0.363 e. The molecule has 0 spiro atoms. The first-order chi connectivity index (χ1) is 16.1. The molecule has 1 fully saturated rings. The van der Waals surface area contributed by atoms with Gasteiger partial charge in [0, 0.05) is 47.4 Å². The van der Waals surface area contributed by atoms with Crippen molar-refractivity contribution < 1.29 is 0 Å². The average molecular weight is 476 g/mol. The first kappa shape index (κ1) is 21.8. The largest absolute Gasteiger partial charge is 0.363 e. The van der Waals surface area contributed by atoms with E-state index in [-0.39, 0.29) is 0 Å². The molecule has 1 aliphatic heterocycles. The maximum absolute atomic E-state index is 4.30. The zero-order chi connectivity index (χ0) is 22.6. The van der Waals surface area contributed by atoms with Crippen LogP contribution in [0.2, 0.25) is 0 Å². The molecule has 2 aromatic carbocycles. The molecule has 0 aliphatic carbocycles. The number of benzene rings is 2. The van der Waals surface area contributed by atoms with Gasteiger partial charge in [-0.1, -0.05) is 0 Å². The van der Waals surface area contributed by atoms with Crippen molar-refractivity contribution in [3.8, 4) is 0 Å². The van der Waals surface area contributed by atoms with Gasteiger partial charge in [0.25, 0.3) is 0 Å². The fourth-order valence-corrected chi connectivity index (χ4v) is 5.66. The number of rotatable bonds is 7. The Bertz CT molecular complexity index is 1210. The van der Waals surface area contributed by atoms with Crippen LogP contribution in [-0.4, -0.2) is 18.1 Å². The minimum atomic E-state index is 0.909. The van der Waals surface area contributed by atoms with Crippen LogP contribution >= 0.6 is 22.7 Å². The van der Waals surface area contributed by atoms with E-state index in [4.69, 9.17) is 0 Å². The Morgan fingerprint density at radius 3 is 2.15 bits per heavy atom. The van der Waals surface area contributed by atoms with E-state index >= 15 is 0 Å². The van der Waals surface area contributed by atoms with Crippen LogP contribution in [0.3, 0.4) is 0 Å². The van der Waals surface area contributed by atoms with Gasteiger partial charge in [-0.15, -0.1) is 22.7 Å². The number of aromatic nitrogens is 1. The molecule has 7 heteroatoms. The summed E-state index contributed by atoms with van der Waals surface area (Å²) >= 11 is 3.44. The highest BCUT2D eigenvalue weighted by Crippen LogP contribution is 2.35. The van der Waals surface area contributed by atoms with Crippen LogP contribution in [0.1, 0.15) is 30.4 Å². The van der Waals surface area contributed by atoms with Crippen molar-refractivity contribution in [3.63, 3.8) is 0 Å². The summed E-state index contributed by atoms with van der Waals surface area (Å²) in [5, 5.41) is 16.0. The topological polar surface area (TPSA) is 52.2 Å². The molecule has 4 aromatic rings. The lowest BCUT2D eigenvalue weighted by atomic mass is 10.1. The van der Waals surface area contributed by atoms with E-state index in [1.807, 2.05) is 22.9 Å². The smallest absolute Gasteiger partial charge is 0.187 e. The van der Waals surface area contributed by atoms with Crippen molar-refractivity contribution in [2.24, 2.45) is 0 Å². The van der Waals surface area contributed by atoms with Gasteiger partial charge in [0.05, 0.1) is 10.0 Å². The number of thiophene rings is 1. The molecule has 1 saturated heterocycles. The van der Waals surface area contributed by atoms with Gasteiger partial charge < -0.3 is 20.9 Å². The highest BCUT2D eigenvalue weighted by Gasteiger charge is 2.13. The fourth-order valence-electron chi connectivity index (χ4n) is 4.14. The minimum absolute atomic E-state index is 0.909. The standard InChI is InChI=1S/C26H29N5S2/c1-18-17-21(29-24-10-11-25(33-24)31-13-4-3-5-14-31)7-8-22(18)28-20-6-9-23(19(2)16-20)30-26-27-12-15-32-26/h6-12,15-17,28-29H,3-5,13-14H2,1-2H3,(H,27,30). The normalized spacial score (nSPS) is 13.7. The lowest BCUT2D eigenvalue weighted by Gasteiger charge is -2.27. The maximum atomic E-state index is 4.30. The van der Waals surface area contributed by atoms with Crippen molar-refractivity contribution >= 4 is 60.6 Å². The van der Waals surface area contributed by atoms with Crippen molar-refractivity contribution in [2.75, 3.05) is 33.9 Å². The van der Waals surface area contributed by atoms with E-state index in [9.17, 15) is 0 Å². The molecule has 0 radical (unpaired) electrons. The molecule has 1 aliphatic rings. The number of nitrogens with zero attached hydrogens (tertiary/aromatic N) is 2. The molecule has 33 heavy (non-hydrogen) atoms. The van der Waals surface area contributed by atoms with Crippen LogP contribution < -0.4 is 20.9 Å². The Balaban J connectivity index is 1.24. The Hall–Kier alpha value is -3.03. The van der Waals surface area contributed by atoms with Crippen molar-refractivity contribution in [1.82, 2.24) is 4.98 Å². The average Bonchev–Trinajstić information content (AvgIpc) is 3.50. The van der Waals surface area contributed by atoms with E-state index in [0.717, 1.165) is 27.9 Å². The van der Waals surface area contributed by atoms with Gasteiger partial charge in [0.2, 0.25) is 0 Å². The monoisotopic (exact) mass is 475 g/mol. The second-order valence-corrected chi connectivity index (χ2v) is 10.4. The van der Waals surface area contributed by atoms with Gasteiger partial charge in [0.1, 0.15) is 0 Å². The first-order valence-corrected chi connectivity index (χ1v) is 13.1. The maximum Gasteiger partial charge on any atom is 0.187 e. The SMILES string of the molecule is Cc1cc(Nc2ccc(N3CCCCC3)s2)ccc1Nc1ccc(Nc2nccs2)c(C)c1. The third-order valence-electron chi connectivity index (χ3n) is 5.93. The molecule has 0 bridgehead atoms. The summed E-state index contributed by atoms with van der Waals surface area (Å²) in [6.07, 6.45) is 5.78. The van der Waals surface area contributed by atoms with Crippen LogP contribution in [0.5, 0.6) is 0 Å². The molecule has 0 amide bonds. The Labute approximate surface area is 203 Å². The quantitative estimate of drug-likeness (QED) is 0.252. The third-order valence-corrected chi connectivity index (χ3v) is 7.68. The summed E-state index contributed by atoms with van der Waals surface area (Å²) in [5.41, 5.74) is 6.76. The number of piperidine rings is 1. The molecule has 0 unspecified atom stereocenters. The Kier molecular flexibility index (Phi) is 6.51. The number of thiazole rings is 1. The Morgan fingerprint density at radius 2 is 1.48 bits per heavy atom. The zero-order valence-electron chi connectivity index (χ0n) is 19.0. The number of hydrogen-bond acceptors (Lipinski definition) is 7. The van der Waals surface area contributed by atoms with Gasteiger partial charge in [0.15, 0.2) is 5.13 Å². The number of nitrogens with one attached hydrogen (secondary N) is 3. The number of aryl methyl sites for hydroxylation is 2. The summed E-state index contributed by atoms with van der Waals surface area (Å²) in [5.74, 6) is 0. The van der Waals surface area contributed by atoms with Crippen LogP contribution in [-0.2, 0) is 0 Å².